The van der Waals surface area contributed by atoms with E-state index in [4.69, 9.17) is 4.74 Å². The molecule has 156 valence electrons. The zero-order valence-corrected chi connectivity index (χ0v) is 17.8. The van der Waals surface area contributed by atoms with Crippen molar-refractivity contribution in [1.29, 1.82) is 0 Å². The minimum atomic E-state index is -0.474. The molecule has 1 N–H and O–H groups in total. The molecule has 2 fully saturated rings. The van der Waals surface area contributed by atoms with Gasteiger partial charge in [-0.25, -0.2) is 4.79 Å². The van der Waals surface area contributed by atoms with Crippen molar-refractivity contribution in [3.63, 3.8) is 0 Å². The third-order valence-electron chi connectivity index (χ3n) is 5.59. The van der Waals surface area contributed by atoms with E-state index in [1.165, 1.54) is 25.9 Å². The van der Waals surface area contributed by atoms with Gasteiger partial charge < -0.3 is 19.9 Å². The fraction of sp³-hybridized carbons (Fsp3) is 0.905. The summed E-state index contributed by atoms with van der Waals surface area (Å²) in [4.78, 5) is 28.7. The van der Waals surface area contributed by atoms with Crippen LogP contribution >= 0.6 is 0 Å². The van der Waals surface area contributed by atoms with E-state index in [2.05, 4.69) is 17.1 Å². The van der Waals surface area contributed by atoms with Crippen molar-refractivity contribution < 1.29 is 14.3 Å². The molecule has 2 saturated heterocycles. The van der Waals surface area contributed by atoms with Gasteiger partial charge in [0.25, 0.3) is 0 Å². The summed E-state index contributed by atoms with van der Waals surface area (Å²) in [6.07, 6.45) is 5.99. The van der Waals surface area contributed by atoms with Crippen LogP contribution in [0.3, 0.4) is 0 Å². The lowest BCUT2D eigenvalue weighted by Gasteiger charge is -2.33. The molecule has 0 aromatic heterocycles. The number of ether oxygens (including phenoxy) is 1. The van der Waals surface area contributed by atoms with Gasteiger partial charge in [-0.3, -0.25) is 4.79 Å². The van der Waals surface area contributed by atoms with Crippen molar-refractivity contribution in [2.24, 2.45) is 11.8 Å². The molecule has 0 saturated carbocycles. The molecule has 2 amide bonds. The SMILES string of the molecule is CC1CCN(CCCCNC(=O)C2CCN(C(=O)OC(C)(C)C)CC2)CC1. The lowest BCUT2D eigenvalue weighted by molar-refractivity contribution is -0.126. The third-order valence-corrected chi connectivity index (χ3v) is 5.59. The molecule has 2 heterocycles. The molecule has 27 heavy (non-hydrogen) atoms. The molecule has 2 aliphatic heterocycles. The first-order valence-electron chi connectivity index (χ1n) is 10.7. The van der Waals surface area contributed by atoms with E-state index in [1.807, 2.05) is 20.8 Å². The van der Waals surface area contributed by atoms with E-state index >= 15 is 0 Å². The Morgan fingerprint density at radius 2 is 1.63 bits per heavy atom. The Balaban J connectivity index is 1.55. The van der Waals surface area contributed by atoms with E-state index in [-0.39, 0.29) is 17.9 Å². The summed E-state index contributed by atoms with van der Waals surface area (Å²) < 4.78 is 5.40. The van der Waals surface area contributed by atoms with E-state index in [1.54, 1.807) is 4.90 Å². The van der Waals surface area contributed by atoms with Crippen LogP contribution in [-0.2, 0) is 9.53 Å². The van der Waals surface area contributed by atoms with E-state index in [9.17, 15) is 9.59 Å². The van der Waals surface area contributed by atoms with Crippen molar-refractivity contribution in [3.8, 4) is 0 Å². The van der Waals surface area contributed by atoms with Gasteiger partial charge in [-0.15, -0.1) is 0 Å². The Morgan fingerprint density at radius 3 is 2.22 bits per heavy atom. The van der Waals surface area contributed by atoms with Gasteiger partial charge in [-0.2, -0.15) is 0 Å². The monoisotopic (exact) mass is 381 g/mol. The Kier molecular flexibility index (Phi) is 8.39. The van der Waals surface area contributed by atoms with Crippen LogP contribution in [-0.4, -0.2) is 66.7 Å². The minimum Gasteiger partial charge on any atom is -0.444 e. The number of rotatable bonds is 6. The van der Waals surface area contributed by atoms with Gasteiger partial charge in [0.1, 0.15) is 5.60 Å². The van der Waals surface area contributed by atoms with Crippen molar-refractivity contribution >= 4 is 12.0 Å². The molecular weight excluding hydrogens is 342 g/mol. The number of carbonyl (C=O) groups is 2. The van der Waals surface area contributed by atoms with Crippen LogP contribution in [0.25, 0.3) is 0 Å². The lowest BCUT2D eigenvalue weighted by Crippen LogP contribution is -2.45. The van der Waals surface area contributed by atoms with Gasteiger partial charge in [0.2, 0.25) is 5.91 Å². The summed E-state index contributed by atoms with van der Waals surface area (Å²) >= 11 is 0. The molecule has 6 heteroatoms. The normalized spacial score (nSPS) is 20.5. The maximum absolute atomic E-state index is 12.3. The van der Waals surface area contributed by atoms with Crippen LogP contribution in [0.2, 0.25) is 0 Å². The van der Waals surface area contributed by atoms with Crippen molar-refractivity contribution in [2.75, 3.05) is 39.3 Å². The van der Waals surface area contributed by atoms with E-state index < -0.39 is 5.60 Å². The largest absolute Gasteiger partial charge is 0.444 e. The summed E-state index contributed by atoms with van der Waals surface area (Å²) in [5.74, 6) is 1.04. The van der Waals surface area contributed by atoms with E-state index in [0.29, 0.717) is 13.1 Å². The van der Waals surface area contributed by atoms with Crippen LogP contribution in [0.15, 0.2) is 0 Å². The molecule has 2 aliphatic rings. The van der Waals surface area contributed by atoms with Crippen LogP contribution in [0.1, 0.15) is 66.2 Å². The van der Waals surface area contributed by atoms with Crippen molar-refractivity contribution in [3.05, 3.63) is 0 Å². The quantitative estimate of drug-likeness (QED) is 0.718. The number of carbonyl (C=O) groups excluding carboxylic acids is 2. The molecule has 0 atom stereocenters. The van der Waals surface area contributed by atoms with Gasteiger partial charge in [0.05, 0.1) is 0 Å². The Labute approximate surface area is 165 Å². The average Bonchev–Trinajstić information content (AvgIpc) is 2.61. The molecule has 2 rings (SSSR count). The summed E-state index contributed by atoms with van der Waals surface area (Å²) in [7, 11) is 0. The van der Waals surface area contributed by atoms with Gasteiger partial charge in [-0.05, 0) is 84.8 Å². The first kappa shape index (κ1) is 22.0. The van der Waals surface area contributed by atoms with Crippen LogP contribution in [0.5, 0.6) is 0 Å². The minimum absolute atomic E-state index is 0.0206. The number of likely N-dealkylation sites (tertiary alicyclic amines) is 2. The Morgan fingerprint density at radius 1 is 1.00 bits per heavy atom. The Hall–Kier alpha value is -1.30. The maximum Gasteiger partial charge on any atom is 0.410 e. The highest BCUT2D eigenvalue weighted by molar-refractivity contribution is 5.79. The molecule has 0 spiro atoms. The van der Waals surface area contributed by atoms with Gasteiger partial charge >= 0.3 is 6.09 Å². The van der Waals surface area contributed by atoms with Gasteiger partial charge in [-0.1, -0.05) is 6.92 Å². The van der Waals surface area contributed by atoms with E-state index in [0.717, 1.165) is 44.7 Å². The predicted molar refractivity (Wildman–Crippen MR) is 108 cm³/mol. The maximum atomic E-state index is 12.3. The second kappa shape index (κ2) is 10.3. The number of nitrogens with zero attached hydrogens (tertiary/aromatic N) is 2. The number of hydrogen-bond donors (Lipinski definition) is 1. The first-order valence-corrected chi connectivity index (χ1v) is 10.7. The summed E-state index contributed by atoms with van der Waals surface area (Å²) in [5.41, 5.74) is -0.474. The smallest absolute Gasteiger partial charge is 0.410 e. The number of nitrogens with one attached hydrogen (secondary N) is 1. The molecule has 0 aliphatic carbocycles. The van der Waals surface area contributed by atoms with Crippen LogP contribution in [0, 0.1) is 11.8 Å². The number of amides is 2. The molecule has 0 radical (unpaired) electrons. The summed E-state index contributed by atoms with van der Waals surface area (Å²) in [6, 6.07) is 0. The van der Waals surface area contributed by atoms with Crippen molar-refractivity contribution in [2.45, 2.75) is 71.8 Å². The fourth-order valence-electron chi connectivity index (χ4n) is 3.75. The summed E-state index contributed by atoms with van der Waals surface area (Å²) in [5, 5.41) is 3.09. The van der Waals surface area contributed by atoms with Gasteiger partial charge in [0, 0.05) is 25.6 Å². The highest BCUT2D eigenvalue weighted by Gasteiger charge is 2.29. The number of piperidine rings is 2. The Bertz CT molecular complexity index is 474. The first-order chi connectivity index (χ1) is 12.7. The topological polar surface area (TPSA) is 61.9 Å². The molecule has 6 nitrogen and oxygen atoms in total. The van der Waals surface area contributed by atoms with Gasteiger partial charge in [0.15, 0.2) is 0 Å². The zero-order chi connectivity index (χ0) is 19.9. The fourth-order valence-corrected chi connectivity index (χ4v) is 3.75. The zero-order valence-electron chi connectivity index (χ0n) is 17.8. The molecule has 0 bridgehead atoms. The highest BCUT2D eigenvalue weighted by Crippen LogP contribution is 2.20. The van der Waals surface area contributed by atoms with Crippen LogP contribution < -0.4 is 5.32 Å². The third kappa shape index (κ3) is 8.08. The van der Waals surface area contributed by atoms with Crippen molar-refractivity contribution in [1.82, 2.24) is 15.1 Å². The standard InChI is InChI=1S/C21H39N3O3/c1-17-7-13-23(14-8-17)12-6-5-11-22-19(25)18-9-15-24(16-10-18)20(26)27-21(2,3)4/h17-18H,5-16H2,1-4H3,(H,22,25). The van der Waals surface area contributed by atoms with Crippen LogP contribution in [0.4, 0.5) is 4.79 Å². The lowest BCUT2D eigenvalue weighted by atomic mass is 9.96. The number of hydrogen-bond acceptors (Lipinski definition) is 4. The summed E-state index contributed by atoms with van der Waals surface area (Å²) in [6.45, 7) is 13.5. The molecule has 0 unspecified atom stereocenters. The molecule has 0 aromatic rings. The number of unbranched alkanes of at least 4 members (excludes halogenated alkanes) is 1. The highest BCUT2D eigenvalue weighted by atomic mass is 16.6. The molecular formula is C21H39N3O3. The average molecular weight is 382 g/mol. The second-order valence-corrected chi connectivity index (χ2v) is 9.26. The second-order valence-electron chi connectivity index (χ2n) is 9.26. The predicted octanol–water partition coefficient (Wildman–Crippen LogP) is 3.26. The molecule has 0 aromatic carbocycles.